The molecule has 8 heteroatoms. The zero-order valence-electron chi connectivity index (χ0n) is 60.0. The summed E-state index contributed by atoms with van der Waals surface area (Å²) in [4.78, 5) is 14.8. The highest BCUT2D eigenvalue weighted by Crippen LogP contribution is 2.48. The van der Waals surface area contributed by atoms with Crippen LogP contribution >= 0.6 is 45.3 Å². The SMILES string of the molecule is c1ccc2c(c1)ccc1[nH]c3cc4c(cc3c12)sc1ccc2ccccc2c14.c1ccc2c(c1)ccc1c3cc4sc5c6ccccc6ccc5c4cc3[nH]c21.c1ccc2c(c1)ccc1c3cc4sc5ccc6ccccc6c5c4cc3[nH]c21.c1ccc2cc3c(cc2c1)sc1cc2c(cc13)[nH]c1ccc3ccccc3c12. The summed E-state index contributed by atoms with van der Waals surface area (Å²) in [6.07, 6.45) is 0. The van der Waals surface area contributed by atoms with Gasteiger partial charge in [-0.2, -0.15) is 0 Å². The van der Waals surface area contributed by atoms with Crippen LogP contribution in [0.4, 0.5) is 0 Å². The van der Waals surface area contributed by atoms with Crippen LogP contribution in [0.25, 0.3) is 254 Å². The van der Waals surface area contributed by atoms with Crippen LogP contribution in [0.3, 0.4) is 0 Å². The first-order valence-electron chi connectivity index (χ1n) is 38.2. The molecule has 0 bridgehead atoms. The second kappa shape index (κ2) is 24.0. The molecule has 0 saturated heterocycles. The number of thiophene rings is 4. The lowest BCUT2D eigenvalue weighted by Gasteiger charge is -2.01. The summed E-state index contributed by atoms with van der Waals surface area (Å²) < 4.78 is 10.9. The molecular formula is C104H60N4S4. The van der Waals surface area contributed by atoms with E-state index in [-0.39, 0.29) is 0 Å². The molecule has 0 amide bonds. The van der Waals surface area contributed by atoms with Crippen molar-refractivity contribution in [3.05, 3.63) is 340 Å². The van der Waals surface area contributed by atoms with Crippen LogP contribution in [0.15, 0.2) is 340 Å². The molecule has 0 aliphatic rings. The highest BCUT2D eigenvalue weighted by molar-refractivity contribution is 7.27. The molecule has 8 aromatic heterocycles. The molecule has 28 aromatic rings. The van der Waals surface area contributed by atoms with Crippen molar-refractivity contribution in [2.75, 3.05) is 0 Å². The van der Waals surface area contributed by atoms with Crippen LogP contribution in [0.5, 0.6) is 0 Å². The Kier molecular flexibility index (Phi) is 13.4. The van der Waals surface area contributed by atoms with Crippen LogP contribution in [-0.2, 0) is 0 Å². The first-order valence-corrected chi connectivity index (χ1v) is 41.4. The van der Waals surface area contributed by atoms with Gasteiger partial charge < -0.3 is 19.9 Å². The van der Waals surface area contributed by atoms with Gasteiger partial charge in [0.1, 0.15) is 0 Å². The largest absolute Gasteiger partial charge is 0.354 e. The molecule has 0 unspecified atom stereocenters. The second-order valence-corrected chi connectivity index (χ2v) is 34.3. The van der Waals surface area contributed by atoms with E-state index in [1.54, 1.807) is 0 Å². The maximum absolute atomic E-state index is 3.72. The number of aromatic amines is 4. The van der Waals surface area contributed by atoms with E-state index in [1.807, 2.05) is 45.3 Å². The molecule has 520 valence electrons. The topological polar surface area (TPSA) is 63.2 Å². The van der Waals surface area contributed by atoms with E-state index < -0.39 is 0 Å². The van der Waals surface area contributed by atoms with Crippen molar-refractivity contribution >= 4 is 299 Å². The zero-order valence-corrected chi connectivity index (χ0v) is 63.2. The van der Waals surface area contributed by atoms with Crippen molar-refractivity contribution in [1.29, 1.82) is 0 Å². The lowest BCUT2D eigenvalue weighted by Crippen LogP contribution is -1.74. The van der Waals surface area contributed by atoms with Gasteiger partial charge in [-0.1, -0.05) is 255 Å². The Morgan fingerprint density at radius 2 is 0.446 bits per heavy atom. The Hall–Kier alpha value is -13.4. The van der Waals surface area contributed by atoms with Gasteiger partial charge in [-0.05, 0) is 160 Å². The van der Waals surface area contributed by atoms with Gasteiger partial charge in [0.15, 0.2) is 0 Å². The molecule has 20 aromatic carbocycles. The molecule has 0 aliphatic heterocycles. The van der Waals surface area contributed by atoms with Gasteiger partial charge in [-0.15, -0.1) is 45.3 Å². The third-order valence-corrected chi connectivity index (χ3v) is 28.4. The average molecular weight is 1490 g/mol. The third-order valence-electron chi connectivity index (χ3n) is 23.9. The Bertz CT molecular complexity index is 8510. The molecule has 0 radical (unpaired) electrons. The minimum atomic E-state index is 1.21. The van der Waals surface area contributed by atoms with Crippen LogP contribution < -0.4 is 0 Å². The van der Waals surface area contributed by atoms with Gasteiger partial charge in [0.25, 0.3) is 0 Å². The smallest absolute Gasteiger partial charge is 0.0544 e. The summed E-state index contributed by atoms with van der Waals surface area (Å²) in [6.45, 7) is 0. The van der Waals surface area contributed by atoms with Crippen molar-refractivity contribution in [3.63, 3.8) is 0 Å². The fourth-order valence-corrected chi connectivity index (χ4v) is 23.4. The predicted octanol–water partition coefficient (Wildman–Crippen LogP) is 32.0. The maximum Gasteiger partial charge on any atom is 0.0544 e. The van der Waals surface area contributed by atoms with Crippen LogP contribution in [0.1, 0.15) is 0 Å². The van der Waals surface area contributed by atoms with E-state index in [4.69, 9.17) is 0 Å². The quantitative estimate of drug-likeness (QED) is 0.117. The highest BCUT2D eigenvalue weighted by atomic mass is 32.1. The van der Waals surface area contributed by atoms with Gasteiger partial charge >= 0.3 is 0 Å². The van der Waals surface area contributed by atoms with E-state index in [2.05, 4.69) is 360 Å². The standard InChI is InChI=1S/4C26H15NS/c1-3-7-17-15(5-1)10-12-23-25(17)21-13-22-20(14-24(21)28-23)19-11-9-16-6-2-4-8-18(16)26(19)27-22;1-3-7-17-15(5-1)9-11-21-25(17)19-14-24-20(13-22(19)27-21)26-18-8-4-2-6-16(18)10-12-23(26)28-24;1-3-7-17-15(5-1)9-11-19-21-14-24-22(13-23(21)27-25(17)19)20-12-10-16-6-2-4-8-18(16)26(20)28-24;1-2-7-17-12-24-19(11-16(17)6-1)20-13-23-21(14-25(20)28-24)26-18-8-4-3-5-15(18)9-10-22(26)27-23/h4*1-14,27H. The molecule has 0 saturated carbocycles. The Balaban J connectivity index is 0.0000000847. The first kappa shape index (κ1) is 62.5. The van der Waals surface area contributed by atoms with Crippen molar-refractivity contribution in [2.24, 2.45) is 0 Å². The Labute approximate surface area is 653 Å². The second-order valence-electron chi connectivity index (χ2n) is 30.0. The highest BCUT2D eigenvalue weighted by Gasteiger charge is 2.20. The van der Waals surface area contributed by atoms with E-state index in [0.29, 0.717) is 0 Å². The number of aromatic nitrogens is 4. The molecule has 8 heterocycles. The molecular weight excluding hydrogens is 1430 g/mol. The molecule has 28 rings (SSSR count). The summed E-state index contributed by atoms with van der Waals surface area (Å²) in [5.74, 6) is 0. The predicted molar refractivity (Wildman–Crippen MR) is 495 cm³/mol. The maximum atomic E-state index is 3.72. The van der Waals surface area contributed by atoms with Gasteiger partial charge in [0.2, 0.25) is 0 Å². The summed E-state index contributed by atoms with van der Waals surface area (Å²) in [7, 11) is 0. The number of benzene rings is 20. The Morgan fingerprint density at radius 1 is 0.143 bits per heavy atom. The third kappa shape index (κ3) is 9.44. The number of hydrogen-bond acceptors (Lipinski definition) is 4. The van der Waals surface area contributed by atoms with Gasteiger partial charge in [-0.25, -0.2) is 0 Å². The monoisotopic (exact) mass is 1490 g/mol. The summed E-state index contributed by atoms with van der Waals surface area (Å²) in [6, 6.07) is 124. The molecule has 4 N–H and O–H groups in total. The van der Waals surface area contributed by atoms with Gasteiger partial charge in [0.05, 0.1) is 11.0 Å². The van der Waals surface area contributed by atoms with E-state index in [0.717, 1.165) is 0 Å². The fraction of sp³-hybridized carbons (Fsp3) is 0. The van der Waals surface area contributed by atoms with E-state index in [9.17, 15) is 0 Å². The number of fused-ring (bicyclic) bond motifs is 39. The molecule has 0 fully saturated rings. The molecule has 0 spiro atoms. The normalized spacial score (nSPS) is 12.3. The van der Waals surface area contributed by atoms with Crippen LogP contribution in [0, 0.1) is 0 Å². The van der Waals surface area contributed by atoms with Crippen molar-refractivity contribution < 1.29 is 0 Å². The lowest BCUT2D eigenvalue weighted by molar-refractivity contribution is 1.56. The number of hydrogen-bond donors (Lipinski definition) is 4. The average Bonchev–Trinajstić information content (AvgIpc) is 1.58. The number of H-pyrrole nitrogens is 4. The minimum Gasteiger partial charge on any atom is -0.354 e. The molecule has 112 heavy (non-hydrogen) atoms. The zero-order chi connectivity index (χ0) is 73.0. The molecule has 0 aliphatic carbocycles. The van der Waals surface area contributed by atoms with Gasteiger partial charge in [-0.3, -0.25) is 0 Å². The summed E-state index contributed by atoms with van der Waals surface area (Å²) in [5, 5.41) is 42.3. The number of nitrogens with one attached hydrogen (secondary N) is 4. The number of rotatable bonds is 0. The summed E-state index contributed by atoms with van der Waals surface area (Å²) >= 11 is 7.59. The van der Waals surface area contributed by atoms with Crippen molar-refractivity contribution in [1.82, 2.24) is 19.9 Å². The van der Waals surface area contributed by atoms with Crippen LogP contribution in [0.2, 0.25) is 0 Å². The van der Waals surface area contributed by atoms with Crippen molar-refractivity contribution in [2.45, 2.75) is 0 Å². The van der Waals surface area contributed by atoms with E-state index in [1.165, 1.54) is 254 Å². The molecule has 4 nitrogen and oxygen atoms in total. The summed E-state index contributed by atoms with van der Waals surface area (Å²) in [5.41, 5.74) is 9.75. The lowest BCUT2D eigenvalue weighted by atomic mass is 10.0. The first-order chi connectivity index (χ1) is 55.4. The fourth-order valence-electron chi connectivity index (χ4n) is 18.7. The van der Waals surface area contributed by atoms with E-state index >= 15 is 0 Å². The Morgan fingerprint density at radius 3 is 0.929 bits per heavy atom. The minimum absolute atomic E-state index is 1.21. The van der Waals surface area contributed by atoms with Gasteiger partial charge in [0, 0.05) is 168 Å². The van der Waals surface area contributed by atoms with Crippen LogP contribution in [-0.4, -0.2) is 19.9 Å². The van der Waals surface area contributed by atoms with Crippen molar-refractivity contribution in [3.8, 4) is 0 Å². The molecule has 0 atom stereocenters.